The second-order valence-corrected chi connectivity index (χ2v) is 7.58. The van der Waals surface area contributed by atoms with Crippen LogP contribution in [-0.2, 0) is 11.3 Å². The number of benzene rings is 2. The summed E-state index contributed by atoms with van der Waals surface area (Å²) in [7, 11) is 2.06. The Balaban J connectivity index is 1.36. The maximum Gasteiger partial charge on any atom is 0.223 e. The molecule has 27 heavy (non-hydrogen) atoms. The van der Waals surface area contributed by atoms with Gasteiger partial charge in [-0.2, -0.15) is 0 Å². The zero-order valence-corrected chi connectivity index (χ0v) is 16.5. The van der Waals surface area contributed by atoms with E-state index < -0.39 is 0 Å². The van der Waals surface area contributed by atoms with Gasteiger partial charge in [0.15, 0.2) is 0 Å². The molecule has 0 radical (unpaired) electrons. The van der Waals surface area contributed by atoms with E-state index in [0.717, 1.165) is 39.0 Å². The number of para-hydroxylation sites is 1. The van der Waals surface area contributed by atoms with E-state index in [1.54, 1.807) is 0 Å². The number of piperidine rings is 1. The van der Waals surface area contributed by atoms with Crippen LogP contribution in [0.25, 0.3) is 0 Å². The largest absolute Gasteiger partial charge is 0.373 e. The molecule has 0 aromatic heterocycles. The SMILES string of the molecule is Cc1ccc(CN2CCC(C(=O)NCCN(C)c3ccccc3)CC2)cc1. The van der Waals surface area contributed by atoms with E-state index >= 15 is 0 Å². The topological polar surface area (TPSA) is 35.6 Å². The lowest BCUT2D eigenvalue weighted by Gasteiger charge is -2.31. The summed E-state index contributed by atoms with van der Waals surface area (Å²) >= 11 is 0. The Hall–Kier alpha value is -2.33. The van der Waals surface area contributed by atoms with Crippen LogP contribution in [0.1, 0.15) is 24.0 Å². The van der Waals surface area contributed by atoms with E-state index in [1.165, 1.54) is 16.8 Å². The van der Waals surface area contributed by atoms with E-state index in [-0.39, 0.29) is 11.8 Å². The van der Waals surface area contributed by atoms with Gasteiger partial charge in [0.1, 0.15) is 0 Å². The van der Waals surface area contributed by atoms with Gasteiger partial charge in [0.05, 0.1) is 0 Å². The van der Waals surface area contributed by atoms with Gasteiger partial charge in [0.25, 0.3) is 0 Å². The van der Waals surface area contributed by atoms with Gasteiger partial charge < -0.3 is 10.2 Å². The van der Waals surface area contributed by atoms with Crippen LogP contribution < -0.4 is 10.2 Å². The number of likely N-dealkylation sites (N-methyl/N-ethyl adjacent to an activating group) is 1. The van der Waals surface area contributed by atoms with Crippen LogP contribution in [-0.4, -0.2) is 44.0 Å². The number of carbonyl (C=O) groups is 1. The maximum atomic E-state index is 12.5. The second kappa shape index (κ2) is 9.56. The van der Waals surface area contributed by atoms with Crippen molar-refractivity contribution < 1.29 is 4.79 Å². The first kappa shape index (κ1) is 19.4. The molecule has 4 nitrogen and oxygen atoms in total. The number of hydrogen-bond donors (Lipinski definition) is 1. The van der Waals surface area contributed by atoms with E-state index in [1.807, 2.05) is 18.2 Å². The highest BCUT2D eigenvalue weighted by atomic mass is 16.1. The third-order valence-corrected chi connectivity index (χ3v) is 5.43. The van der Waals surface area contributed by atoms with Crippen molar-refractivity contribution >= 4 is 11.6 Å². The van der Waals surface area contributed by atoms with Crippen molar-refractivity contribution in [3.8, 4) is 0 Å². The number of amides is 1. The Morgan fingerprint density at radius 1 is 1.07 bits per heavy atom. The number of rotatable bonds is 7. The average molecular weight is 366 g/mol. The molecule has 1 saturated heterocycles. The molecule has 0 unspecified atom stereocenters. The fraction of sp³-hybridized carbons (Fsp3) is 0.435. The molecule has 0 atom stereocenters. The van der Waals surface area contributed by atoms with Gasteiger partial charge in [-0.05, 0) is 50.6 Å². The number of carbonyl (C=O) groups excluding carboxylic acids is 1. The number of nitrogens with zero attached hydrogens (tertiary/aromatic N) is 2. The molecule has 0 saturated carbocycles. The summed E-state index contributed by atoms with van der Waals surface area (Å²) in [6.45, 7) is 6.60. The van der Waals surface area contributed by atoms with Crippen LogP contribution >= 0.6 is 0 Å². The monoisotopic (exact) mass is 365 g/mol. The van der Waals surface area contributed by atoms with Gasteiger partial charge in [-0.3, -0.25) is 9.69 Å². The molecule has 1 aliphatic rings. The number of hydrogen-bond acceptors (Lipinski definition) is 3. The lowest BCUT2D eigenvalue weighted by atomic mass is 9.95. The van der Waals surface area contributed by atoms with Crippen molar-refractivity contribution in [2.24, 2.45) is 5.92 Å². The number of aryl methyl sites for hydroxylation is 1. The molecule has 2 aromatic carbocycles. The smallest absolute Gasteiger partial charge is 0.223 e. The second-order valence-electron chi connectivity index (χ2n) is 7.58. The van der Waals surface area contributed by atoms with Gasteiger partial charge >= 0.3 is 0 Å². The first-order valence-corrected chi connectivity index (χ1v) is 9.93. The third-order valence-electron chi connectivity index (χ3n) is 5.43. The Bertz CT molecular complexity index is 706. The van der Waals surface area contributed by atoms with Crippen LogP contribution in [0, 0.1) is 12.8 Å². The lowest BCUT2D eigenvalue weighted by Crippen LogP contribution is -2.42. The number of nitrogens with one attached hydrogen (secondary N) is 1. The summed E-state index contributed by atoms with van der Waals surface area (Å²) < 4.78 is 0. The summed E-state index contributed by atoms with van der Waals surface area (Å²) in [6.07, 6.45) is 1.90. The lowest BCUT2D eigenvalue weighted by molar-refractivity contribution is -0.126. The maximum absolute atomic E-state index is 12.5. The Morgan fingerprint density at radius 3 is 2.41 bits per heavy atom. The van der Waals surface area contributed by atoms with Crippen molar-refractivity contribution in [1.82, 2.24) is 10.2 Å². The summed E-state index contributed by atoms with van der Waals surface area (Å²) in [5.74, 6) is 0.368. The van der Waals surface area contributed by atoms with Crippen LogP contribution in [0.2, 0.25) is 0 Å². The number of likely N-dealkylation sites (tertiary alicyclic amines) is 1. The molecule has 144 valence electrons. The van der Waals surface area contributed by atoms with Gasteiger partial charge in [0.2, 0.25) is 5.91 Å². The van der Waals surface area contributed by atoms with Gasteiger partial charge in [-0.1, -0.05) is 48.0 Å². The van der Waals surface area contributed by atoms with E-state index in [2.05, 4.69) is 65.5 Å². The standard InChI is InChI=1S/C23H31N3O/c1-19-8-10-20(11-9-19)18-26-15-12-21(13-16-26)23(27)24-14-17-25(2)22-6-4-3-5-7-22/h3-11,21H,12-18H2,1-2H3,(H,24,27). The highest BCUT2D eigenvalue weighted by Crippen LogP contribution is 2.19. The zero-order chi connectivity index (χ0) is 19.1. The van der Waals surface area contributed by atoms with Crippen molar-refractivity contribution in [2.45, 2.75) is 26.3 Å². The predicted octanol–water partition coefficient (Wildman–Crippen LogP) is 3.46. The highest BCUT2D eigenvalue weighted by Gasteiger charge is 2.24. The molecule has 1 amide bonds. The van der Waals surface area contributed by atoms with Crippen molar-refractivity contribution in [1.29, 1.82) is 0 Å². The molecule has 1 heterocycles. The van der Waals surface area contributed by atoms with Gasteiger partial charge in [-0.15, -0.1) is 0 Å². The minimum Gasteiger partial charge on any atom is -0.373 e. The third kappa shape index (κ3) is 5.83. The quantitative estimate of drug-likeness (QED) is 0.816. The van der Waals surface area contributed by atoms with E-state index in [0.29, 0.717) is 6.54 Å². The zero-order valence-electron chi connectivity index (χ0n) is 16.5. The molecule has 4 heteroatoms. The predicted molar refractivity (Wildman–Crippen MR) is 112 cm³/mol. The fourth-order valence-electron chi connectivity index (χ4n) is 3.61. The van der Waals surface area contributed by atoms with Crippen LogP contribution in [0.3, 0.4) is 0 Å². The van der Waals surface area contributed by atoms with Crippen molar-refractivity contribution in [2.75, 3.05) is 38.1 Å². The molecular formula is C23H31N3O. The molecule has 0 spiro atoms. The van der Waals surface area contributed by atoms with Crippen molar-refractivity contribution in [3.63, 3.8) is 0 Å². The fourth-order valence-corrected chi connectivity index (χ4v) is 3.61. The Labute approximate surface area is 163 Å². The first-order chi connectivity index (χ1) is 13.1. The van der Waals surface area contributed by atoms with Gasteiger partial charge in [0, 0.05) is 38.3 Å². The summed E-state index contributed by atoms with van der Waals surface area (Å²) in [5.41, 5.74) is 3.83. The minimum atomic E-state index is 0.154. The summed E-state index contributed by atoms with van der Waals surface area (Å²) in [5, 5.41) is 3.12. The van der Waals surface area contributed by atoms with Crippen molar-refractivity contribution in [3.05, 3.63) is 65.7 Å². The van der Waals surface area contributed by atoms with Gasteiger partial charge in [-0.25, -0.2) is 0 Å². The van der Waals surface area contributed by atoms with E-state index in [9.17, 15) is 4.79 Å². The molecule has 1 fully saturated rings. The molecule has 3 rings (SSSR count). The highest BCUT2D eigenvalue weighted by molar-refractivity contribution is 5.78. The molecule has 1 N–H and O–H groups in total. The van der Waals surface area contributed by atoms with Crippen LogP contribution in [0.5, 0.6) is 0 Å². The molecule has 0 bridgehead atoms. The normalized spacial score (nSPS) is 15.5. The summed E-state index contributed by atoms with van der Waals surface area (Å²) in [6, 6.07) is 19.0. The molecular weight excluding hydrogens is 334 g/mol. The first-order valence-electron chi connectivity index (χ1n) is 9.93. The van der Waals surface area contributed by atoms with Crippen LogP contribution in [0.4, 0.5) is 5.69 Å². The van der Waals surface area contributed by atoms with Crippen LogP contribution in [0.15, 0.2) is 54.6 Å². The van der Waals surface area contributed by atoms with E-state index in [4.69, 9.17) is 0 Å². The minimum absolute atomic E-state index is 0.154. The molecule has 1 aliphatic heterocycles. The Morgan fingerprint density at radius 2 is 1.74 bits per heavy atom. The molecule has 2 aromatic rings. The Kier molecular flexibility index (Phi) is 6.88. The summed E-state index contributed by atoms with van der Waals surface area (Å²) in [4.78, 5) is 17.1. The average Bonchev–Trinajstić information content (AvgIpc) is 2.71. The molecule has 0 aliphatic carbocycles. The number of anilines is 1.